The van der Waals surface area contributed by atoms with E-state index in [1.807, 2.05) is 30.3 Å². The van der Waals surface area contributed by atoms with E-state index < -0.39 is 0 Å². The Bertz CT molecular complexity index is 918. The monoisotopic (exact) mass is 317 g/mol. The molecule has 1 N–H and O–H groups in total. The highest BCUT2D eigenvalue weighted by atomic mass is 16.5. The Morgan fingerprint density at radius 1 is 1.04 bits per heavy atom. The van der Waals surface area contributed by atoms with Crippen LogP contribution in [0.2, 0.25) is 0 Å². The van der Waals surface area contributed by atoms with E-state index in [4.69, 9.17) is 4.74 Å². The van der Waals surface area contributed by atoms with Crippen molar-refractivity contribution in [2.45, 2.75) is 19.3 Å². The minimum atomic E-state index is 0.766. The lowest BCUT2D eigenvalue weighted by atomic mass is 9.90. The van der Waals surface area contributed by atoms with E-state index in [1.54, 1.807) is 7.11 Å². The fourth-order valence-corrected chi connectivity index (χ4v) is 3.14. The van der Waals surface area contributed by atoms with Crippen LogP contribution in [0.4, 0.5) is 5.82 Å². The predicted octanol–water partition coefficient (Wildman–Crippen LogP) is 4.40. The Kier molecular flexibility index (Phi) is 3.87. The summed E-state index contributed by atoms with van der Waals surface area (Å²) in [5.74, 6) is 1.67. The first-order chi connectivity index (χ1) is 11.8. The number of hydrogen-bond donors (Lipinski definition) is 1. The molecule has 2 aromatic carbocycles. The van der Waals surface area contributed by atoms with Crippen LogP contribution in [0.15, 0.2) is 59.7 Å². The van der Waals surface area contributed by atoms with E-state index in [2.05, 4.69) is 39.8 Å². The lowest BCUT2D eigenvalue weighted by Crippen LogP contribution is -2.13. The van der Waals surface area contributed by atoms with Crippen molar-refractivity contribution >= 4 is 22.4 Å². The first-order valence-corrected chi connectivity index (χ1v) is 8.19. The Balaban J connectivity index is 1.62. The molecule has 3 aromatic rings. The molecule has 1 aliphatic rings. The molecule has 0 spiro atoms. The Hall–Kier alpha value is -2.88. The number of hydrazone groups is 1. The molecule has 0 saturated carbocycles. The number of aryl methyl sites for hydroxylation is 1. The smallest absolute Gasteiger partial charge is 0.146 e. The van der Waals surface area contributed by atoms with Gasteiger partial charge in [0, 0.05) is 10.9 Å². The SMILES string of the molecule is COc1ccc2c(c1)CCCC2=NNc1ccc2ccccc2n1. The van der Waals surface area contributed by atoms with Crippen LogP contribution >= 0.6 is 0 Å². The van der Waals surface area contributed by atoms with Crippen molar-refractivity contribution in [2.24, 2.45) is 5.10 Å². The van der Waals surface area contributed by atoms with Crippen LogP contribution in [0.3, 0.4) is 0 Å². The fraction of sp³-hybridized carbons (Fsp3) is 0.200. The van der Waals surface area contributed by atoms with Crippen LogP contribution in [-0.4, -0.2) is 17.8 Å². The number of ether oxygens (including phenoxy) is 1. The molecule has 1 aliphatic carbocycles. The maximum absolute atomic E-state index is 5.32. The van der Waals surface area contributed by atoms with E-state index in [0.717, 1.165) is 47.4 Å². The van der Waals surface area contributed by atoms with Crippen molar-refractivity contribution in [2.75, 3.05) is 12.5 Å². The molecule has 1 aromatic heterocycles. The molecule has 0 radical (unpaired) electrons. The Morgan fingerprint density at radius 3 is 2.88 bits per heavy atom. The average molecular weight is 317 g/mol. The number of methoxy groups -OCH3 is 1. The standard InChI is InChI=1S/C20H19N3O/c1-24-16-10-11-17-15(13-16)6-4-8-19(17)22-23-20-12-9-14-5-2-3-7-18(14)21-20/h2-3,5,7,9-13H,4,6,8H2,1H3,(H,21,23). The molecule has 4 rings (SSSR count). The molecule has 0 aliphatic heterocycles. The van der Waals surface area contributed by atoms with E-state index >= 15 is 0 Å². The van der Waals surface area contributed by atoms with E-state index in [0.29, 0.717) is 0 Å². The van der Waals surface area contributed by atoms with Crippen molar-refractivity contribution in [3.63, 3.8) is 0 Å². The summed E-state index contributed by atoms with van der Waals surface area (Å²) in [6.45, 7) is 0. The van der Waals surface area contributed by atoms with Gasteiger partial charge in [-0.1, -0.05) is 18.2 Å². The molecule has 0 unspecified atom stereocenters. The summed E-state index contributed by atoms with van der Waals surface area (Å²) in [7, 11) is 1.70. The van der Waals surface area contributed by atoms with Crippen LogP contribution in [0, 0.1) is 0 Å². The molecule has 1 heterocycles. The van der Waals surface area contributed by atoms with Gasteiger partial charge < -0.3 is 4.74 Å². The summed E-state index contributed by atoms with van der Waals surface area (Å²) in [5.41, 5.74) is 7.67. The van der Waals surface area contributed by atoms with Crippen LogP contribution in [-0.2, 0) is 6.42 Å². The van der Waals surface area contributed by atoms with Gasteiger partial charge in [-0.25, -0.2) is 4.98 Å². The van der Waals surface area contributed by atoms with E-state index in [9.17, 15) is 0 Å². The van der Waals surface area contributed by atoms with Gasteiger partial charge in [0.25, 0.3) is 0 Å². The number of aromatic nitrogens is 1. The number of rotatable bonds is 3. The second kappa shape index (κ2) is 6.32. The zero-order valence-electron chi connectivity index (χ0n) is 13.6. The first-order valence-electron chi connectivity index (χ1n) is 8.19. The van der Waals surface area contributed by atoms with Gasteiger partial charge in [0.2, 0.25) is 0 Å². The summed E-state index contributed by atoms with van der Waals surface area (Å²) in [4.78, 5) is 4.60. The molecule has 24 heavy (non-hydrogen) atoms. The minimum absolute atomic E-state index is 0.766. The largest absolute Gasteiger partial charge is 0.497 e. The van der Waals surface area contributed by atoms with Gasteiger partial charge in [-0.05, 0) is 61.2 Å². The van der Waals surface area contributed by atoms with Crippen LogP contribution in [0.25, 0.3) is 10.9 Å². The third kappa shape index (κ3) is 2.83. The topological polar surface area (TPSA) is 46.5 Å². The third-order valence-electron chi connectivity index (χ3n) is 4.39. The van der Waals surface area contributed by atoms with Crippen molar-refractivity contribution in [1.82, 2.24) is 4.98 Å². The highest BCUT2D eigenvalue weighted by molar-refractivity contribution is 6.03. The molecule has 0 fully saturated rings. The molecular formula is C20H19N3O. The lowest BCUT2D eigenvalue weighted by molar-refractivity contribution is 0.414. The molecule has 4 heteroatoms. The van der Waals surface area contributed by atoms with Gasteiger partial charge in [0.15, 0.2) is 0 Å². The van der Waals surface area contributed by atoms with Gasteiger partial charge in [-0.3, -0.25) is 5.43 Å². The van der Waals surface area contributed by atoms with Crippen molar-refractivity contribution in [1.29, 1.82) is 0 Å². The third-order valence-corrected chi connectivity index (χ3v) is 4.39. The summed E-state index contributed by atoms with van der Waals surface area (Å²) in [5, 5.41) is 5.75. The number of nitrogens with zero attached hydrogens (tertiary/aromatic N) is 2. The first kappa shape index (κ1) is 14.7. The molecule has 0 atom stereocenters. The van der Waals surface area contributed by atoms with Crippen molar-refractivity contribution in [3.8, 4) is 5.75 Å². The summed E-state index contributed by atoms with van der Waals surface area (Å²) >= 11 is 0. The Morgan fingerprint density at radius 2 is 1.96 bits per heavy atom. The van der Waals surface area contributed by atoms with Gasteiger partial charge >= 0.3 is 0 Å². The molecular weight excluding hydrogens is 298 g/mol. The lowest BCUT2D eigenvalue weighted by Gasteiger charge is -2.18. The number of pyridine rings is 1. The maximum Gasteiger partial charge on any atom is 0.146 e. The molecule has 0 saturated heterocycles. The fourth-order valence-electron chi connectivity index (χ4n) is 3.14. The second-order valence-electron chi connectivity index (χ2n) is 5.94. The molecule has 0 amide bonds. The number of hydrogen-bond acceptors (Lipinski definition) is 4. The quantitative estimate of drug-likeness (QED) is 0.729. The normalized spacial score (nSPS) is 15.3. The van der Waals surface area contributed by atoms with Crippen LogP contribution in [0.5, 0.6) is 5.75 Å². The summed E-state index contributed by atoms with van der Waals surface area (Å²) in [6, 6.07) is 18.3. The highest BCUT2D eigenvalue weighted by Gasteiger charge is 2.16. The minimum Gasteiger partial charge on any atom is -0.497 e. The second-order valence-corrected chi connectivity index (χ2v) is 5.94. The van der Waals surface area contributed by atoms with E-state index in [-0.39, 0.29) is 0 Å². The van der Waals surface area contributed by atoms with Gasteiger partial charge in [-0.15, -0.1) is 0 Å². The van der Waals surface area contributed by atoms with Crippen molar-refractivity contribution in [3.05, 3.63) is 65.7 Å². The van der Waals surface area contributed by atoms with Gasteiger partial charge in [-0.2, -0.15) is 5.10 Å². The highest BCUT2D eigenvalue weighted by Crippen LogP contribution is 2.26. The zero-order chi connectivity index (χ0) is 16.4. The molecule has 0 bridgehead atoms. The zero-order valence-corrected chi connectivity index (χ0v) is 13.6. The number of anilines is 1. The number of para-hydroxylation sites is 1. The molecule has 4 nitrogen and oxygen atoms in total. The number of fused-ring (bicyclic) bond motifs is 2. The maximum atomic E-state index is 5.32. The summed E-state index contributed by atoms with van der Waals surface area (Å²) in [6.07, 6.45) is 3.14. The summed E-state index contributed by atoms with van der Waals surface area (Å²) < 4.78 is 5.32. The van der Waals surface area contributed by atoms with Gasteiger partial charge in [0.05, 0.1) is 18.3 Å². The van der Waals surface area contributed by atoms with Crippen LogP contribution < -0.4 is 10.2 Å². The Labute approximate surface area is 141 Å². The number of benzene rings is 2. The molecule has 120 valence electrons. The average Bonchev–Trinajstić information content (AvgIpc) is 2.65. The van der Waals surface area contributed by atoms with E-state index in [1.165, 1.54) is 11.1 Å². The number of nitrogens with one attached hydrogen (secondary N) is 1. The van der Waals surface area contributed by atoms with Crippen molar-refractivity contribution < 1.29 is 4.74 Å². The van der Waals surface area contributed by atoms with Gasteiger partial charge in [0.1, 0.15) is 11.6 Å². The predicted molar refractivity (Wildman–Crippen MR) is 97.8 cm³/mol. The van der Waals surface area contributed by atoms with Crippen LogP contribution in [0.1, 0.15) is 24.0 Å².